The average Bonchev–Trinajstić information content (AvgIpc) is 2.39. The summed E-state index contributed by atoms with van der Waals surface area (Å²) in [4.78, 5) is 2.09. The van der Waals surface area contributed by atoms with E-state index in [1.165, 1.54) is 11.1 Å². The molecule has 0 atom stereocenters. The van der Waals surface area contributed by atoms with Gasteiger partial charge in [0.2, 0.25) is 0 Å². The fourth-order valence-corrected chi connectivity index (χ4v) is 2.57. The molecule has 4 heteroatoms. The van der Waals surface area contributed by atoms with E-state index < -0.39 is 5.92 Å². The minimum absolute atomic E-state index is 0.0402. The fraction of sp³-hybridized carbons (Fsp3) is 0.600. The van der Waals surface area contributed by atoms with Gasteiger partial charge in [0.1, 0.15) is 0 Å². The molecule has 0 amide bonds. The lowest BCUT2D eigenvalue weighted by Gasteiger charge is -2.34. The van der Waals surface area contributed by atoms with Crippen molar-refractivity contribution in [2.45, 2.75) is 38.7 Å². The molecule has 19 heavy (non-hydrogen) atoms. The fourth-order valence-electron chi connectivity index (χ4n) is 2.57. The van der Waals surface area contributed by atoms with Gasteiger partial charge in [-0.15, -0.1) is 0 Å². The Morgan fingerprint density at radius 1 is 1.26 bits per heavy atom. The minimum atomic E-state index is -2.48. The third-order valence-corrected chi connectivity index (χ3v) is 3.76. The highest BCUT2D eigenvalue weighted by molar-refractivity contribution is 5.55. The minimum Gasteiger partial charge on any atom is -0.371 e. The number of nitrogens with one attached hydrogen (secondary N) is 1. The van der Waals surface area contributed by atoms with Crippen molar-refractivity contribution in [2.75, 3.05) is 25.0 Å². The molecule has 0 radical (unpaired) electrons. The molecule has 106 valence electrons. The molecule has 0 bridgehead atoms. The zero-order valence-electron chi connectivity index (χ0n) is 11.7. The summed E-state index contributed by atoms with van der Waals surface area (Å²) in [7, 11) is 1.91. The van der Waals surface area contributed by atoms with E-state index in [1.54, 1.807) is 0 Å². The van der Waals surface area contributed by atoms with Crippen molar-refractivity contribution >= 4 is 5.69 Å². The maximum atomic E-state index is 13.2. The summed E-state index contributed by atoms with van der Waals surface area (Å²) < 4.78 is 26.4. The second-order valence-corrected chi connectivity index (χ2v) is 5.19. The number of nitrogens with zero attached hydrogens (tertiary/aromatic N) is 1. The predicted molar refractivity (Wildman–Crippen MR) is 75.0 cm³/mol. The van der Waals surface area contributed by atoms with E-state index in [9.17, 15) is 8.78 Å². The smallest absolute Gasteiger partial charge is 0.251 e. The Hall–Kier alpha value is -1.16. The van der Waals surface area contributed by atoms with Crippen LogP contribution in [-0.2, 0) is 13.0 Å². The van der Waals surface area contributed by atoms with Crippen molar-refractivity contribution in [1.82, 2.24) is 5.32 Å². The van der Waals surface area contributed by atoms with Gasteiger partial charge in [0.05, 0.1) is 0 Å². The van der Waals surface area contributed by atoms with Gasteiger partial charge >= 0.3 is 0 Å². The van der Waals surface area contributed by atoms with Crippen LogP contribution in [0.1, 0.15) is 30.9 Å². The maximum absolute atomic E-state index is 13.2. The molecule has 0 saturated carbocycles. The van der Waals surface area contributed by atoms with Crippen LogP contribution in [0.3, 0.4) is 0 Å². The number of rotatable bonds is 4. The number of anilines is 1. The molecule has 1 aliphatic rings. The molecule has 2 rings (SSSR count). The van der Waals surface area contributed by atoms with Crippen molar-refractivity contribution < 1.29 is 8.78 Å². The predicted octanol–water partition coefficient (Wildman–Crippen LogP) is 3.20. The van der Waals surface area contributed by atoms with Gasteiger partial charge in [-0.3, -0.25) is 0 Å². The molecular weight excluding hydrogens is 246 g/mol. The molecule has 1 N–H and O–H groups in total. The number of alkyl halides is 2. The topological polar surface area (TPSA) is 15.3 Å². The van der Waals surface area contributed by atoms with Crippen LogP contribution >= 0.6 is 0 Å². The molecule has 1 saturated heterocycles. The second-order valence-electron chi connectivity index (χ2n) is 5.19. The summed E-state index contributed by atoms with van der Waals surface area (Å²) in [5, 5.41) is 3.16. The summed E-state index contributed by atoms with van der Waals surface area (Å²) in [5.74, 6) is -2.48. The number of halogens is 2. The first kappa shape index (κ1) is 14.3. The normalized spacial score (nSPS) is 18.6. The summed E-state index contributed by atoms with van der Waals surface area (Å²) in [6.07, 6.45) is 0.915. The van der Waals surface area contributed by atoms with Crippen LogP contribution in [0.4, 0.5) is 14.5 Å². The van der Waals surface area contributed by atoms with Crippen molar-refractivity contribution in [3.05, 3.63) is 29.3 Å². The number of piperidine rings is 1. The van der Waals surface area contributed by atoms with Gasteiger partial charge in [-0.1, -0.05) is 19.1 Å². The Kier molecular flexibility index (Phi) is 4.40. The number of benzene rings is 1. The van der Waals surface area contributed by atoms with E-state index in [0.717, 1.165) is 18.7 Å². The summed E-state index contributed by atoms with van der Waals surface area (Å²) in [5.41, 5.74) is 3.59. The van der Waals surface area contributed by atoms with Crippen LogP contribution in [-0.4, -0.2) is 26.1 Å². The molecule has 1 heterocycles. The third-order valence-electron chi connectivity index (χ3n) is 3.76. The van der Waals surface area contributed by atoms with E-state index in [4.69, 9.17) is 0 Å². The van der Waals surface area contributed by atoms with Crippen molar-refractivity contribution in [3.8, 4) is 0 Å². The molecule has 1 aromatic rings. The lowest BCUT2D eigenvalue weighted by atomic mass is 10.0. The Morgan fingerprint density at radius 3 is 2.53 bits per heavy atom. The zero-order chi connectivity index (χ0) is 13.9. The van der Waals surface area contributed by atoms with E-state index in [-0.39, 0.29) is 12.8 Å². The summed E-state index contributed by atoms with van der Waals surface area (Å²) in [6.45, 7) is 3.78. The molecule has 1 aliphatic heterocycles. The first-order valence-corrected chi connectivity index (χ1v) is 6.95. The Bertz CT molecular complexity index is 422. The van der Waals surface area contributed by atoms with Gasteiger partial charge in [0.25, 0.3) is 5.92 Å². The molecule has 1 fully saturated rings. The van der Waals surface area contributed by atoms with E-state index in [2.05, 4.69) is 35.3 Å². The molecular formula is C15H22F2N2. The zero-order valence-corrected chi connectivity index (χ0v) is 11.7. The summed E-state index contributed by atoms with van der Waals surface area (Å²) >= 11 is 0. The molecule has 0 aliphatic carbocycles. The largest absolute Gasteiger partial charge is 0.371 e. The third kappa shape index (κ3) is 3.44. The second kappa shape index (κ2) is 5.87. The van der Waals surface area contributed by atoms with Crippen LogP contribution in [0, 0.1) is 0 Å². The van der Waals surface area contributed by atoms with Gasteiger partial charge < -0.3 is 10.2 Å². The van der Waals surface area contributed by atoms with Gasteiger partial charge in [0, 0.05) is 38.2 Å². The maximum Gasteiger partial charge on any atom is 0.251 e. The molecule has 0 unspecified atom stereocenters. The number of aryl methyl sites for hydroxylation is 1. The Morgan fingerprint density at radius 2 is 1.95 bits per heavy atom. The molecule has 2 nitrogen and oxygen atoms in total. The van der Waals surface area contributed by atoms with E-state index in [1.807, 2.05) is 7.05 Å². The van der Waals surface area contributed by atoms with Gasteiger partial charge in [-0.25, -0.2) is 8.78 Å². The standard InChI is InChI=1S/C15H22F2N2/c1-3-12-4-5-14(13(10-12)11-18-2)19-8-6-15(16,17)7-9-19/h4-5,10,18H,3,6-9,11H2,1-2H3. The summed E-state index contributed by atoms with van der Waals surface area (Å²) in [6, 6.07) is 6.36. The van der Waals surface area contributed by atoms with Crippen molar-refractivity contribution in [2.24, 2.45) is 0 Å². The van der Waals surface area contributed by atoms with E-state index in [0.29, 0.717) is 13.1 Å². The van der Waals surface area contributed by atoms with Crippen LogP contribution < -0.4 is 10.2 Å². The molecule has 0 aromatic heterocycles. The lowest BCUT2D eigenvalue weighted by molar-refractivity contribution is -0.0220. The van der Waals surface area contributed by atoms with Crippen molar-refractivity contribution in [1.29, 1.82) is 0 Å². The van der Waals surface area contributed by atoms with Crippen LogP contribution in [0.15, 0.2) is 18.2 Å². The van der Waals surface area contributed by atoms with Gasteiger partial charge in [-0.2, -0.15) is 0 Å². The quantitative estimate of drug-likeness (QED) is 0.902. The monoisotopic (exact) mass is 268 g/mol. The highest BCUT2D eigenvalue weighted by Crippen LogP contribution is 2.32. The van der Waals surface area contributed by atoms with Crippen molar-refractivity contribution in [3.63, 3.8) is 0 Å². The highest BCUT2D eigenvalue weighted by atomic mass is 19.3. The molecule has 1 aromatic carbocycles. The van der Waals surface area contributed by atoms with Crippen LogP contribution in [0.2, 0.25) is 0 Å². The number of hydrogen-bond donors (Lipinski definition) is 1. The number of hydrogen-bond acceptors (Lipinski definition) is 2. The lowest BCUT2D eigenvalue weighted by Crippen LogP contribution is -2.39. The van der Waals surface area contributed by atoms with E-state index >= 15 is 0 Å². The first-order valence-electron chi connectivity index (χ1n) is 6.95. The highest BCUT2D eigenvalue weighted by Gasteiger charge is 2.34. The first-order chi connectivity index (χ1) is 9.05. The van der Waals surface area contributed by atoms with Crippen LogP contribution in [0.5, 0.6) is 0 Å². The van der Waals surface area contributed by atoms with Crippen LogP contribution in [0.25, 0.3) is 0 Å². The average molecular weight is 268 g/mol. The SMILES string of the molecule is CCc1ccc(N2CCC(F)(F)CC2)c(CNC)c1. The Balaban J connectivity index is 2.19. The Labute approximate surface area is 113 Å². The van der Waals surface area contributed by atoms with Gasteiger partial charge in [0.15, 0.2) is 0 Å². The van der Waals surface area contributed by atoms with Gasteiger partial charge in [-0.05, 0) is 30.7 Å². The molecule has 0 spiro atoms.